The number of aromatic hydroxyl groups is 1. The van der Waals surface area contributed by atoms with Crippen LogP contribution in [0.25, 0.3) is 0 Å². The average Bonchev–Trinajstić information content (AvgIpc) is 2.39. The molecular formula is C17H20FNO. The summed E-state index contributed by atoms with van der Waals surface area (Å²) in [6.07, 6.45) is 0. The zero-order valence-electron chi connectivity index (χ0n) is 12.0. The van der Waals surface area contributed by atoms with E-state index in [2.05, 4.69) is 31.3 Å². The van der Waals surface area contributed by atoms with Gasteiger partial charge in [-0.15, -0.1) is 0 Å². The zero-order valence-corrected chi connectivity index (χ0v) is 12.0. The second-order valence-electron chi connectivity index (χ2n) is 5.35. The van der Waals surface area contributed by atoms with Crippen molar-refractivity contribution in [1.82, 2.24) is 0 Å². The third kappa shape index (κ3) is 3.29. The van der Waals surface area contributed by atoms with Gasteiger partial charge in [0.2, 0.25) is 0 Å². The Hall–Kier alpha value is -2.03. The van der Waals surface area contributed by atoms with Gasteiger partial charge in [-0.25, -0.2) is 4.39 Å². The number of phenolic OH excluding ortho intramolecular Hbond substituents is 1. The predicted molar refractivity (Wildman–Crippen MR) is 80.6 cm³/mol. The van der Waals surface area contributed by atoms with Crippen LogP contribution in [0.2, 0.25) is 0 Å². The number of nitrogens with one attached hydrogen (secondary N) is 1. The Bertz CT molecular complexity index is 578. The molecule has 3 heteroatoms. The molecule has 0 heterocycles. The molecule has 0 radical (unpaired) electrons. The van der Waals surface area contributed by atoms with E-state index in [1.807, 2.05) is 19.1 Å². The molecule has 1 atom stereocenters. The van der Waals surface area contributed by atoms with Crippen LogP contribution in [0.5, 0.6) is 5.75 Å². The Kier molecular flexibility index (Phi) is 4.28. The van der Waals surface area contributed by atoms with Crippen LogP contribution in [0.4, 0.5) is 10.1 Å². The Balaban J connectivity index is 2.12. The van der Waals surface area contributed by atoms with E-state index in [-0.39, 0.29) is 11.8 Å². The maximum absolute atomic E-state index is 13.0. The molecule has 0 fully saturated rings. The molecular weight excluding hydrogens is 253 g/mol. The highest BCUT2D eigenvalue weighted by molar-refractivity contribution is 5.48. The zero-order chi connectivity index (χ0) is 14.7. The first-order chi connectivity index (χ1) is 9.47. The maximum Gasteiger partial charge on any atom is 0.126 e. The normalized spacial score (nSPS) is 12.4. The van der Waals surface area contributed by atoms with E-state index in [9.17, 15) is 9.50 Å². The maximum atomic E-state index is 13.0. The van der Waals surface area contributed by atoms with Crippen molar-refractivity contribution >= 4 is 5.69 Å². The number of rotatable bonds is 4. The minimum Gasteiger partial charge on any atom is -0.507 e. The number of phenols is 1. The highest BCUT2D eigenvalue weighted by atomic mass is 19.1. The highest BCUT2D eigenvalue weighted by Crippen LogP contribution is 2.28. The molecule has 2 nitrogen and oxygen atoms in total. The summed E-state index contributed by atoms with van der Waals surface area (Å²) >= 11 is 0. The van der Waals surface area contributed by atoms with Gasteiger partial charge in [-0.1, -0.05) is 32.0 Å². The van der Waals surface area contributed by atoms with Crippen molar-refractivity contribution in [1.29, 1.82) is 0 Å². The third-order valence-corrected chi connectivity index (χ3v) is 3.42. The monoisotopic (exact) mass is 273 g/mol. The predicted octanol–water partition coefficient (Wildman–Crippen LogP) is 4.83. The Morgan fingerprint density at radius 3 is 2.20 bits per heavy atom. The van der Waals surface area contributed by atoms with Gasteiger partial charge < -0.3 is 10.4 Å². The van der Waals surface area contributed by atoms with E-state index in [1.165, 1.54) is 11.6 Å². The summed E-state index contributed by atoms with van der Waals surface area (Å²) in [5.41, 5.74) is 2.94. The van der Waals surface area contributed by atoms with E-state index in [0.29, 0.717) is 11.5 Å². The molecule has 0 aliphatic rings. The fourth-order valence-corrected chi connectivity index (χ4v) is 2.17. The first-order valence-corrected chi connectivity index (χ1v) is 6.82. The van der Waals surface area contributed by atoms with E-state index >= 15 is 0 Å². The molecule has 0 saturated heterocycles. The highest BCUT2D eigenvalue weighted by Gasteiger charge is 2.11. The Morgan fingerprint density at radius 1 is 1.00 bits per heavy atom. The molecule has 0 amide bonds. The molecule has 0 bridgehead atoms. The van der Waals surface area contributed by atoms with Gasteiger partial charge in [-0.05, 0) is 36.6 Å². The largest absolute Gasteiger partial charge is 0.507 e. The molecule has 0 aromatic heterocycles. The molecule has 2 aromatic carbocycles. The molecule has 0 spiro atoms. The molecule has 2 N–H and O–H groups in total. The minimum atomic E-state index is -0.431. The lowest BCUT2D eigenvalue weighted by molar-refractivity contribution is 0.459. The van der Waals surface area contributed by atoms with Crippen molar-refractivity contribution in [3.63, 3.8) is 0 Å². The summed E-state index contributed by atoms with van der Waals surface area (Å²) in [5, 5.41) is 13.1. The molecule has 106 valence electrons. The standard InChI is InChI=1S/C17H20FNO/c1-11(2)13-4-7-15(8-5-13)19-12(3)16-9-6-14(18)10-17(16)20/h4-12,19-20H,1-3H3. The van der Waals surface area contributed by atoms with Gasteiger partial charge in [0.1, 0.15) is 11.6 Å². The topological polar surface area (TPSA) is 32.3 Å². The lowest BCUT2D eigenvalue weighted by Crippen LogP contribution is -2.07. The molecule has 1 unspecified atom stereocenters. The number of hydrogen-bond acceptors (Lipinski definition) is 2. The van der Waals surface area contributed by atoms with E-state index in [1.54, 1.807) is 6.07 Å². The molecule has 2 aromatic rings. The summed E-state index contributed by atoms with van der Waals surface area (Å²) in [6.45, 7) is 6.24. The summed E-state index contributed by atoms with van der Waals surface area (Å²) < 4.78 is 13.0. The number of benzene rings is 2. The number of halogens is 1. The van der Waals surface area contributed by atoms with Crippen molar-refractivity contribution in [3.05, 3.63) is 59.4 Å². The van der Waals surface area contributed by atoms with Crippen LogP contribution in [0.1, 0.15) is 43.9 Å². The van der Waals surface area contributed by atoms with Crippen molar-refractivity contribution in [2.24, 2.45) is 0 Å². The number of hydrogen-bond donors (Lipinski definition) is 2. The van der Waals surface area contributed by atoms with Gasteiger partial charge in [0.25, 0.3) is 0 Å². The van der Waals surface area contributed by atoms with Crippen LogP contribution in [-0.2, 0) is 0 Å². The Labute approximate surface area is 119 Å². The van der Waals surface area contributed by atoms with Crippen molar-refractivity contribution in [2.75, 3.05) is 5.32 Å². The second-order valence-corrected chi connectivity index (χ2v) is 5.35. The summed E-state index contributed by atoms with van der Waals surface area (Å²) in [7, 11) is 0. The minimum absolute atomic E-state index is 0.0243. The van der Waals surface area contributed by atoms with Gasteiger partial charge >= 0.3 is 0 Å². The van der Waals surface area contributed by atoms with Gasteiger partial charge in [-0.3, -0.25) is 0 Å². The van der Waals surface area contributed by atoms with Crippen LogP contribution in [0, 0.1) is 5.82 Å². The van der Waals surface area contributed by atoms with Gasteiger partial charge in [0.15, 0.2) is 0 Å². The molecule has 20 heavy (non-hydrogen) atoms. The van der Waals surface area contributed by atoms with Crippen LogP contribution in [0.3, 0.4) is 0 Å². The lowest BCUT2D eigenvalue weighted by Gasteiger charge is -2.17. The van der Waals surface area contributed by atoms with Gasteiger partial charge in [0.05, 0.1) is 6.04 Å². The SMILES string of the molecule is CC(C)c1ccc(NC(C)c2ccc(F)cc2O)cc1. The van der Waals surface area contributed by atoms with Crippen LogP contribution in [0.15, 0.2) is 42.5 Å². The van der Waals surface area contributed by atoms with Crippen molar-refractivity contribution in [2.45, 2.75) is 32.7 Å². The van der Waals surface area contributed by atoms with Crippen LogP contribution in [-0.4, -0.2) is 5.11 Å². The second kappa shape index (κ2) is 5.95. The van der Waals surface area contributed by atoms with Gasteiger partial charge in [-0.2, -0.15) is 0 Å². The molecule has 2 rings (SSSR count). The fraction of sp³-hybridized carbons (Fsp3) is 0.294. The van der Waals surface area contributed by atoms with Gasteiger partial charge in [0, 0.05) is 17.3 Å². The summed E-state index contributed by atoms with van der Waals surface area (Å²) in [6, 6.07) is 12.2. The van der Waals surface area contributed by atoms with E-state index in [0.717, 1.165) is 11.8 Å². The fourth-order valence-electron chi connectivity index (χ4n) is 2.17. The lowest BCUT2D eigenvalue weighted by atomic mass is 10.0. The van der Waals surface area contributed by atoms with Crippen molar-refractivity contribution < 1.29 is 9.50 Å². The molecule has 0 aliphatic carbocycles. The van der Waals surface area contributed by atoms with Crippen LogP contribution >= 0.6 is 0 Å². The quantitative estimate of drug-likeness (QED) is 0.836. The first kappa shape index (κ1) is 14.4. The number of anilines is 1. The van der Waals surface area contributed by atoms with E-state index in [4.69, 9.17) is 0 Å². The molecule has 0 aliphatic heterocycles. The van der Waals surface area contributed by atoms with E-state index < -0.39 is 5.82 Å². The summed E-state index contributed by atoms with van der Waals surface area (Å²) in [4.78, 5) is 0. The third-order valence-electron chi connectivity index (χ3n) is 3.42. The first-order valence-electron chi connectivity index (χ1n) is 6.82. The van der Waals surface area contributed by atoms with Crippen molar-refractivity contribution in [3.8, 4) is 5.75 Å². The molecule has 0 saturated carbocycles. The van der Waals surface area contributed by atoms with Crippen LogP contribution < -0.4 is 5.32 Å². The average molecular weight is 273 g/mol. The Morgan fingerprint density at radius 2 is 1.65 bits per heavy atom. The summed E-state index contributed by atoms with van der Waals surface area (Å²) in [5.74, 6) is 0.0474. The smallest absolute Gasteiger partial charge is 0.126 e.